The summed E-state index contributed by atoms with van der Waals surface area (Å²) < 4.78 is 1.32. The van der Waals surface area contributed by atoms with Crippen LogP contribution in [0.3, 0.4) is 0 Å². The second kappa shape index (κ2) is 9.50. The van der Waals surface area contributed by atoms with Crippen molar-refractivity contribution in [3.05, 3.63) is 5.69 Å². The summed E-state index contributed by atoms with van der Waals surface area (Å²) >= 11 is 1.65. The van der Waals surface area contributed by atoms with Gasteiger partial charge in [0.2, 0.25) is 0 Å². The third kappa shape index (κ3) is 6.02. The molecule has 2 N–H and O–H groups in total. The fraction of sp³-hybridized carbons (Fsp3) is 0.824. The number of aromatic nitrogens is 1. The van der Waals surface area contributed by atoms with Gasteiger partial charge in [-0.1, -0.05) is 72.1 Å². The fourth-order valence-corrected chi connectivity index (χ4v) is 4.06. The first kappa shape index (κ1) is 18.5. The van der Waals surface area contributed by atoms with Crippen LogP contribution < -0.4 is 10.5 Å². The smallest absolute Gasteiger partial charge is 0.179 e. The molecule has 4 heteroatoms. The van der Waals surface area contributed by atoms with Gasteiger partial charge in [0.25, 0.3) is 0 Å². The highest BCUT2D eigenvalue weighted by Crippen LogP contribution is 2.35. The summed E-state index contributed by atoms with van der Waals surface area (Å²) in [6, 6.07) is 0. The zero-order chi connectivity index (χ0) is 15.7. The third-order valence-electron chi connectivity index (χ3n) is 4.55. The summed E-state index contributed by atoms with van der Waals surface area (Å²) in [7, 11) is 2.18. The number of anilines is 1. The first-order valence-corrected chi connectivity index (χ1v) is 9.58. The van der Waals surface area contributed by atoms with Gasteiger partial charge in [-0.15, -0.1) is 11.3 Å². The molecule has 0 bridgehead atoms. The number of nitrogens with two attached hydrogens (primary N) is 1. The van der Waals surface area contributed by atoms with Crippen LogP contribution in [-0.4, -0.2) is 12.8 Å². The number of nitrogen functional groups attached to an aromatic ring is 1. The molecule has 2 nitrogen and oxygen atoms in total. The van der Waals surface area contributed by atoms with Crippen LogP contribution in [0.1, 0.15) is 90.7 Å². The average molecular weight is 308 g/mol. The van der Waals surface area contributed by atoms with Crippen LogP contribution in [0, 0.1) is 0 Å². The predicted molar refractivity (Wildman–Crippen MR) is 99.6 cm³/mol. The van der Waals surface area contributed by atoms with Crippen LogP contribution in [0.5, 0.6) is 0 Å². The Morgan fingerprint density at radius 2 is 1.52 bits per heavy atom. The van der Waals surface area contributed by atoms with Crippen LogP contribution in [0.15, 0.2) is 0 Å². The van der Waals surface area contributed by atoms with E-state index in [9.17, 15) is 0 Å². The molecular formula is C17H33BN2S. The molecule has 21 heavy (non-hydrogen) atoms. The number of unbranched alkanes of at least 4 members (excludes halogenated alkanes) is 6. The lowest BCUT2D eigenvalue weighted by molar-refractivity contribution is 0.359. The van der Waals surface area contributed by atoms with Gasteiger partial charge in [0.1, 0.15) is 0 Å². The monoisotopic (exact) mass is 308 g/mol. The lowest BCUT2D eigenvalue weighted by Crippen LogP contribution is -2.28. The Hall–Kier alpha value is -0.505. The van der Waals surface area contributed by atoms with Crippen molar-refractivity contribution in [1.82, 2.24) is 4.98 Å². The van der Waals surface area contributed by atoms with E-state index >= 15 is 0 Å². The molecule has 0 unspecified atom stereocenters. The minimum atomic E-state index is 0.222. The molecule has 0 aliphatic heterocycles. The molecule has 1 aromatic rings. The normalized spacial score (nSPS) is 12.0. The Morgan fingerprint density at radius 1 is 1.00 bits per heavy atom. The summed E-state index contributed by atoms with van der Waals surface area (Å²) in [5, 5.41) is 0.732. The molecule has 120 valence electrons. The van der Waals surface area contributed by atoms with E-state index in [1.54, 1.807) is 11.3 Å². The number of rotatable bonds is 11. The molecule has 0 amide bonds. The molecule has 0 radical (unpaired) electrons. The van der Waals surface area contributed by atoms with E-state index in [-0.39, 0.29) is 5.41 Å². The van der Waals surface area contributed by atoms with E-state index in [1.165, 1.54) is 74.7 Å². The van der Waals surface area contributed by atoms with Crippen molar-refractivity contribution in [3.8, 4) is 0 Å². The van der Waals surface area contributed by atoms with Gasteiger partial charge in [-0.3, -0.25) is 0 Å². The van der Waals surface area contributed by atoms with Crippen molar-refractivity contribution in [3.63, 3.8) is 0 Å². The van der Waals surface area contributed by atoms with Crippen molar-refractivity contribution in [1.29, 1.82) is 0 Å². The van der Waals surface area contributed by atoms with Crippen LogP contribution in [-0.2, 0) is 5.41 Å². The number of nitrogens with zero attached hydrogens (tertiary/aromatic N) is 1. The molecule has 0 saturated carbocycles. The predicted octanol–water partition coefficient (Wildman–Crippen LogP) is 4.18. The van der Waals surface area contributed by atoms with Gasteiger partial charge in [-0.25, -0.2) is 4.98 Å². The number of hydrogen-bond acceptors (Lipinski definition) is 3. The quantitative estimate of drug-likeness (QED) is 0.492. The SMILES string of the molecule is Bc1sc(N)nc1C(C)(CCCCCC)CCCCCC. The largest absolute Gasteiger partial charge is 0.375 e. The van der Waals surface area contributed by atoms with Gasteiger partial charge < -0.3 is 5.73 Å². The number of thiazole rings is 1. The van der Waals surface area contributed by atoms with Gasteiger partial charge in [-0.2, -0.15) is 0 Å². The zero-order valence-electron chi connectivity index (χ0n) is 14.5. The van der Waals surface area contributed by atoms with Crippen LogP contribution in [0.4, 0.5) is 5.13 Å². The first-order valence-electron chi connectivity index (χ1n) is 8.77. The Morgan fingerprint density at radius 3 is 1.90 bits per heavy atom. The fourth-order valence-electron chi connectivity index (χ4n) is 3.22. The van der Waals surface area contributed by atoms with E-state index in [4.69, 9.17) is 5.73 Å². The minimum Gasteiger partial charge on any atom is -0.375 e. The molecule has 0 spiro atoms. The molecule has 1 aromatic heterocycles. The Bertz CT molecular complexity index is 391. The lowest BCUT2D eigenvalue weighted by atomic mass is 9.74. The molecule has 0 aromatic carbocycles. The maximum absolute atomic E-state index is 5.94. The van der Waals surface area contributed by atoms with E-state index in [0.717, 1.165) is 5.13 Å². The Balaban J connectivity index is 2.70. The molecule has 1 heterocycles. The van der Waals surface area contributed by atoms with Gasteiger partial charge in [-0.05, 0) is 17.6 Å². The summed E-state index contributed by atoms with van der Waals surface area (Å²) in [5.74, 6) is 0. The van der Waals surface area contributed by atoms with E-state index in [1.807, 2.05) is 0 Å². The molecule has 0 fully saturated rings. The highest BCUT2D eigenvalue weighted by Gasteiger charge is 2.30. The van der Waals surface area contributed by atoms with E-state index in [0.29, 0.717) is 0 Å². The van der Waals surface area contributed by atoms with Crippen molar-refractivity contribution < 1.29 is 0 Å². The number of hydrogen-bond donors (Lipinski definition) is 1. The second-order valence-electron chi connectivity index (χ2n) is 6.64. The highest BCUT2D eigenvalue weighted by atomic mass is 32.1. The van der Waals surface area contributed by atoms with Crippen molar-refractivity contribution in [2.45, 2.75) is 90.4 Å². The maximum atomic E-state index is 5.94. The van der Waals surface area contributed by atoms with Crippen molar-refractivity contribution in [2.24, 2.45) is 0 Å². The van der Waals surface area contributed by atoms with Gasteiger partial charge in [0.15, 0.2) is 13.0 Å². The topological polar surface area (TPSA) is 38.9 Å². The minimum absolute atomic E-state index is 0.222. The molecule has 1 rings (SSSR count). The summed E-state index contributed by atoms with van der Waals surface area (Å²) in [6.07, 6.45) is 13.1. The van der Waals surface area contributed by atoms with Crippen LogP contribution in [0.2, 0.25) is 0 Å². The maximum Gasteiger partial charge on any atom is 0.179 e. The highest BCUT2D eigenvalue weighted by molar-refractivity contribution is 7.23. The lowest BCUT2D eigenvalue weighted by Gasteiger charge is -2.29. The van der Waals surface area contributed by atoms with Gasteiger partial charge >= 0.3 is 0 Å². The Kier molecular flexibility index (Phi) is 8.39. The van der Waals surface area contributed by atoms with Gasteiger partial charge in [0, 0.05) is 5.41 Å². The summed E-state index contributed by atoms with van der Waals surface area (Å²) in [5.41, 5.74) is 7.43. The average Bonchev–Trinajstić information content (AvgIpc) is 2.80. The molecular weight excluding hydrogens is 275 g/mol. The standard InChI is InChI=1S/C17H33BN2S/c1-4-6-8-10-12-17(3,13-11-9-7-5-2)14-15(18)21-16(19)20-14/h4-13,18H2,1-3H3,(H2,19,20). The molecule has 0 saturated heterocycles. The van der Waals surface area contributed by atoms with Crippen molar-refractivity contribution in [2.75, 3.05) is 5.73 Å². The zero-order valence-corrected chi connectivity index (χ0v) is 15.3. The second-order valence-corrected chi connectivity index (χ2v) is 7.87. The Labute approximate surface area is 136 Å². The van der Waals surface area contributed by atoms with E-state index in [2.05, 4.69) is 33.6 Å². The van der Waals surface area contributed by atoms with Crippen molar-refractivity contribution >= 4 is 29.1 Å². The van der Waals surface area contributed by atoms with Crippen LogP contribution in [0.25, 0.3) is 0 Å². The first-order chi connectivity index (χ1) is 10.0. The molecule has 0 aliphatic carbocycles. The van der Waals surface area contributed by atoms with E-state index < -0.39 is 0 Å². The molecule has 0 aliphatic rings. The summed E-state index contributed by atoms with van der Waals surface area (Å²) in [6.45, 7) is 6.96. The van der Waals surface area contributed by atoms with Crippen LogP contribution >= 0.6 is 11.3 Å². The third-order valence-corrected chi connectivity index (χ3v) is 5.35. The molecule has 0 atom stereocenters. The van der Waals surface area contributed by atoms with Gasteiger partial charge in [0.05, 0.1) is 5.69 Å². The summed E-state index contributed by atoms with van der Waals surface area (Å²) in [4.78, 5) is 4.68.